The molecule has 0 aromatic heterocycles. The van der Waals surface area contributed by atoms with Crippen molar-refractivity contribution in [1.82, 2.24) is 0 Å². The molecule has 0 heterocycles. The lowest BCUT2D eigenvalue weighted by Crippen LogP contribution is -2.15. The minimum Gasteiger partial charge on any atom is -0.321 e. The Bertz CT molecular complexity index is 822. The van der Waals surface area contributed by atoms with Gasteiger partial charge in [-0.3, -0.25) is 14.9 Å². The van der Waals surface area contributed by atoms with Gasteiger partial charge in [0, 0.05) is 21.3 Å². The van der Waals surface area contributed by atoms with Gasteiger partial charge in [0.2, 0.25) is 0 Å². The van der Waals surface area contributed by atoms with Crippen LogP contribution in [0.1, 0.15) is 21.5 Å². The standard InChI is InChI=1S/C15H10F3IN2O3/c1-8-2-4-10(21(23)24)7-11(8)14(22)20-13-6-9(15(16,17)18)3-5-12(13)19/h2-7H,1H3,(H,20,22). The van der Waals surface area contributed by atoms with Crippen molar-refractivity contribution in [3.8, 4) is 0 Å². The zero-order valence-corrected chi connectivity index (χ0v) is 14.3. The van der Waals surface area contributed by atoms with Gasteiger partial charge in [0.1, 0.15) is 0 Å². The highest BCUT2D eigenvalue weighted by Crippen LogP contribution is 2.33. The first-order chi connectivity index (χ1) is 11.1. The summed E-state index contributed by atoms with van der Waals surface area (Å²) in [7, 11) is 0. The summed E-state index contributed by atoms with van der Waals surface area (Å²) in [5.41, 5.74) is -0.683. The number of alkyl halides is 3. The van der Waals surface area contributed by atoms with Crippen molar-refractivity contribution in [2.24, 2.45) is 0 Å². The normalized spacial score (nSPS) is 11.2. The number of nitrogens with one attached hydrogen (secondary N) is 1. The van der Waals surface area contributed by atoms with E-state index in [4.69, 9.17) is 0 Å². The van der Waals surface area contributed by atoms with Crippen molar-refractivity contribution < 1.29 is 22.9 Å². The van der Waals surface area contributed by atoms with Crippen molar-refractivity contribution >= 4 is 39.9 Å². The predicted molar refractivity (Wildman–Crippen MR) is 89.9 cm³/mol. The van der Waals surface area contributed by atoms with Gasteiger partial charge >= 0.3 is 6.18 Å². The van der Waals surface area contributed by atoms with Crippen LogP contribution in [0.4, 0.5) is 24.5 Å². The molecule has 0 radical (unpaired) electrons. The van der Waals surface area contributed by atoms with E-state index in [2.05, 4.69) is 5.32 Å². The second kappa shape index (κ2) is 6.75. The molecule has 0 saturated heterocycles. The van der Waals surface area contributed by atoms with Gasteiger partial charge in [0.05, 0.1) is 16.2 Å². The van der Waals surface area contributed by atoms with Crippen LogP contribution in [0.25, 0.3) is 0 Å². The van der Waals surface area contributed by atoms with Crippen LogP contribution in [0.3, 0.4) is 0 Å². The van der Waals surface area contributed by atoms with E-state index >= 15 is 0 Å². The summed E-state index contributed by atoms with van der Waals surface area (Å²) >= 11 is 1.79. The molecule has 0 spiro atoms. The summed E-state index contributed by atoms with van der Waals surface area (Å²) in [5, 5.41) is 13.2. The average Bonchev–Trinajstić information content (AvgIpc) is 2.48. The first kappa shape index (κ1) is 18.2. The lowest BCUT2D eigenvalue weighted by atomic mass is 10.1. The van der Waals surface area contributed by atoms with E-state index in [-0.39, 0.29) is 16.9 Å². The number of amides is 1. The first-order valence-corrected chi connectivity index (χ1v) is 7.60. The van der Waals surface area contributed by atoms with E-state index in [0.717, 1.165) is 18.2 Å². The van der Waals surface area contributed by atoms with Gasteiger partial charge < -0.3 is 5.32 Å². The molecule has 0 atom stereocenters. The van der Waals surface area contributed by atoms with E-state index in [1.807, 2.05) is 0 Å². The largest absolute Gasteiger partial charge is 0.416 e. The molecule has 5 nitrogen and oxygen atoms in total. The molecule has 1 N–H and O–H groups in total. The third-order valence-electron chi connectivity index (χ3n) is 3.22. The number of nitro benzene ring substituents is 1. The number of carbonyl (C=O) groups excluding carboxylic acids is 1. The van der Waals surface area contributed by atoms with Gasteiger partial charge in [-0.15, -0.1) is 0 Å². The molecule has 1 amide bonds. The molecule has 0 unspecified atom stereocenters. The number of nitro groups is 1. The molecule has 0 aliphatic heterocycles. The van der Waals surface area contributed by atoms with Crippen LogP contribution in [0, 0.1) is 20.6 Å². The Morgan fingerprint density at radius 3 is 2.46 bits per heavy atom. The molecule has 9 heteroatoms. The van der Waals surface area contributed by atoms with Crippen LogP contribution in [0.2, 0.25) is 0 Å². The number of aryl methyl sites for hydroxylation is 1. The fourth-order valence-corrected chi connectivity index (χ4v) is 2.43. The van der Waals surface area contributed by atoms with Crippen LogP contribution in [0.15, 0.2) is 36.4 Å². The third-order valence-corrected chi connectivity index (χ3v) is 4.16. The Morgan fingerprint density at radius 1 is 1.21 bits per heavy atom. The van der Waals surface area contributed by atoms with Gasteiger partial charge in [0.15, 0.2) is 0 Å². The van der Waals surface area contributed by atoms with Gasteiger partial charge in [-0.25, -0.2) is 0 Å². The molecule has 2 aromatic rings. The Balaban J connectivity index is 2.37. The predicted octanol–water partition coefficient (Wildman–Crippen LogP) is 4.78. The molecule has 24 heavy (non-hydrogen) atoms. The highest BCUT2D eigenvalue weighted by atomic mass is 127. The molecule has 0 aliphatic rings. The Hall–Kier alpha value is -2.17. The van der Waals surface area contributed by atoms with Crippen LogP contribution in [-0.4, -0.2) is 10.8 Å². The second-order valence-corrected chi connectivity index (χ2v) is 6.07. The zero-order chi connectivity index (χ0) is 18.1. The Kier molecular flexibility index (Phi) is 5.11. The molecule has 0 bridgehead atoms. The minimum atomic E-state index is -4.54. The van der Waals surface area contributed by atoms with Crippen LogP contribution >= 0.6 is 22.6 Å². The van der Waals surface area contributed by atoms with E-state index in [0.29, 0.717) is 9.13 Å². The molecule has 2 aromatic carbocycles. The first-order valence-electron chi connectivity index (χ1n) is 6.52. The quantitative estimate of drug-likeness (QED) is 0.416. The molecular formula is C15H10F3IN2O3. The monoisotopic (exact) mass is 450 g/mol. The fraction of sp³-hybridized carbons (Fsp3) is 0.133. The van der Waals surface area contributed by atoms with Gasteiger partial charge in [-0.1, -0.05) is 6.07 Å². The smallest absolute Gasteiger partial charge is 0.321 e. The van der Waals surface area contributed by atoms with Crippen molar-refractivity contribution in [2.75, 3.05) is 5.32 Å². The van der Waals surface area contributed by atoms with Crippen LogP contribution in [-0.2, 0) is 6.18 Å². The summed E-state index contributed by atoms with van der Waals surface area (Å²) in [6.07, 6.45) is -4.54. The Morgan fingerprint density at radius 2 is 1.88 bits per heavy atom. The average molecular weight is 450 g/mol. The van der Waals surface area contributed by atoms with E-state index in [1.54, 1.807) is 29.5 Å². The van der Waals surface area contributed by atoms with E-state index in [9.17, 15) is 28.1 Å². The highest BCUT2D eigenvalue weighted by molar-refractivity contribution is 14.1. The number of hydrogen-bond acceptors (Lipinski definition) is 3. The number of halogens is 4. The number of nitrogens with zero attached hydrogens (tertiary/aromatic N) is 1. The number of rotatable bonds is 3. The summed E-state index contributed by atoms with van der Waals surface area (Å²) in [4.78, 5) is 22.5. The summed E-state index contributed by atoms with van der Waals surface area (Å²) in [6, 6.07) is 6.72. The van der Waals surface area contributed by atoms with Gasteiger partial charge in [-0.2, -0.15) is 13.2 Å². The molecular weight excluding hydrogens is 440 g/mol. The maximum Gasteiger partial charge on any atom is 0.416 e. The second-order valence-electron chi connectivity index (χ2n) is 4.90. The van der Waals surface area contributed by atoms with E-state index in [1.165, 1.54) is 18.2 Å². The lowest BCUT2D eigenvalue weighted by Gasteiger charge is -2.12. The summed E-state index contributed by atoms with van der Waals surface area (Å²) in [5.74, 6) is -0.714. The molecule has 0 aliphatic carbocycles. The summed E-state index contributed by atoms with van der Waals surface area (Å²) < 4.78 is 38.7. The molecule has 126 valence electrons. The van der Waals surface area contributed by atoms with Crippen molar-refractivity contribution in [1.29, 1.82) is 0 Å². The van der Waals surface area contributed by atoms with Gasteiger partial charge in [-0.05, 0) is 53.3 Å². The highest BCUT2D eigenvalue weighted by Gasteiger charge is 2.31. The topological polar surface area (TPSA) is 72.2 Å². The third kappa shape index (κ3) is 4.02. The van der Waals surface area contributed by atoms with Crippen molar-refractivity contribution in [3.05, 3.63) is 66.8 Å². The van der Waals surface area contributed by atoms with Crippen molar-refractivity contribution in [2.45, 2.75) is 13.1 Å². The number of carbonyl (C=O) groups is 1. The van der Waals surface area contributed by atoms with Gasteiger partial charge in [0.25, 0.3) is 11.6 Å². The fourth-order valence-electron chi connectivity index (χ4n) is 1.96. The molecule has 0 fully saturated rings. The van der Waals surface area contributed by atoms with Crippen LogP contribution in [0.5, 0.6) is 0 Å². The van der Waals surface area contributed by atoms with Crippen molar-refractivity contribution in [3.63, 3.8) is 0 Å². The maximum atomic E-state index is 12.8. The Labute approximate surface area is 148 Å². The number of anilines is 1. The molecule has 2 rings (SSSR count). The number of benzene rings is 2. The maximum absolute atomic E-state index is 12.8. The van der Waals surface area contributed by atoms with Crippen LogP contribution < -0.4 is 5.32 Å². The SMILES string of the molecule is Cc1ccc([N+](=O)[O-])cc1C(=O)Nc1cc(C(F)(F)F)ccc1I. The lowest BCUT2D eigenvalue weighted by molar-refractivity contribution is -0.384. The van der Waals surface area contributed by atoms with E-state index < -0.39 is 22.6 Å². The zero-order valence-electron chi connectivity index (χ0n) is 12.1. The molecule has 0 saturated carbocycles. The minimum absolute atomic E-state index is 0.0127. The number of non-ortho nitro benzene ring substituents is 1. The summed E-state index contributed by atoms with van der Waals surface area (Å²) in [6.45, 7) is 1.58. The number of hydrogen-bond donors (Lipinski definition) is 1.